The van der Waals surface area contributed by atoms with Crippen LogP contribution < -0.4 is 37.0 Å². The Morgan fingerprint density at radius 2 is 1.31 bits per heavy atom. The van der Waals surface area contributed by atoms with Crippen LogP contribution in [0.3, 0.4) is 0 Å². The van der Waals surface area contributed by atoms with Crippen molar-refractivity contribution in [2.45, 2.75) is 161 Å². The van der Waals surface area contributed by atoms with Crippen molar-refractivity contribution >= 4 is 74.9 Å². The van der Waals surface area contributed by atoms with Crippen molar-refractivity contribution < 1.29 is 80.0 Å². The lowest BCUT2D eigenvalue weighted by Crippen LogP contribution is -2.59. The summed E-state index contributed by atoms with van der Waals surface area (Å²) in [5.74, 6) is -6.41. The van der Waals surface area contributed by atoms with E-state index in [1.807, 2.05) is 60.5 Å². The van der Waals surface area contributed by atoms with E-state index >= 15 is 0 Å². The fourth-order valence-electron chi connectivity index (χ4n) is 11.0. The van der Waals surface area contributed by atoms with Crippen molar-refractivity contribution in [3.8, 4) is 0 Å². The highest BCUT2D eigenvalue weighted by Gasteiger charge is 2.44. The number of carbonyl (C=O) groups excluding carboxylic acids is 10. The first-order chi connectivity index (χ1) is 42.4. The van der Waals surface area contributed by atoms with Crippen LogP contribution in [0.1, 0.15) is 107 Å². The molecular formula is C61H101N11O17S. The Bertz CT molecular complexity index is 2670. The Balaban J connectivity index is 1.64. The Kier molecular flexibility index (Phi) is 33.0. The molecular weight excluding hydrogens is 1190 g/mol. The lowest BCUT2D eigenvalue weighted by Gasteiger charge is -2.41. The number of amides is 11. The molecule has 10 atom stereocenters. The minimum absolute atomic E-state index is 0.00784. The molecule has 0 spiro atoms. The van der Waals surface area contributed by atoms with E-state index in [2.05, 4.69) is 31.3 Å². The van der Waals surface area contributed by atoms with Crippen molar-refractivity contribution in [1.29, 1.82) is 0 Å². The molecule has 1 unspecified atom stereocenters. The largest absolute Gasteiger partial charge is 0.379 e. The third-order valence-electron chi connectivity index (χ3n) is 16.1. The molecule has 90 heavy (non-hydrogen) atoms. The number of nitrogens with one attached hydrogen (secondary N) is 6. The van der Waals surface area contributed by atoms with Gasteiger partial charge < -0.3 is 65.8 Å². The number of hydrogen-bond acceptors (Lipinski definition) is 18. The number of urea groups is 1. The normalized spacial score (nSPS) is 17.3. The number of rotatable bonds is 41. The fourth-order valence-corrected chi connectivity index (χ4v) is 12.0. The van der Waals surface area contributed by atoms with Crippen molar-refractivity contribution in [2.24, 2.45) is 35.3 Å². The van der Waals surface area contributed by atoms with E-state index in [0.29, 0.717) is 25.8 Å². The average molecular weight is 1290 g/mol. The Labute approximate surface area is 530 Å². The number of sulfonamides is 1. The maximum absolute atomic E-state index is 14.4. The van der Waals surface area contributed by atoms with Gasteiger partial charge in [0.25, 0.3) is 21.8 Å². The van der Waals surface area contributed by atoms with Crippen LogP contribution in [0.5, 0.6) is 0 Å². The summed E-state index contributed by atoms with van der Waals surface area (Å²) in [5.41, 5.74) is 5.35. The SMILES string of the molecule is CC[C@H](C)[C@@H]([C@@H](CC(=O)N1CCCC1[C@H](OC)[C@@H](C)C(=O)NS(=O)(=O)c1ccc(NC(=O)[C@H](CCCNC(N)=O)NC(=O)[C@@H](NC(=O)CCOCCOCCOCCN2C(=O)C=CC2=O)C(C)C)cc1)OC)N(C)C(=O)[C@@H](NC(=O)[C@H](C(C)C)N(C)C)C(C)C. The van der Waals surface area contributed by atoms with E-state index in [1.54, 1.807) is 30.7 Å². The molecule has 2 aliphatic heterocycles. The zero-order valence-corrected chi connectivity index (χ0v) is 55.8. The van der Waals surface area contributed by atoms with Gasteiger partial charge >= 0.3 is 6.03 Å². The first kappa shape index (κ1) is 77.6. The van der Waals surface area contributed by atoms with Gasteiger partial charge in [0.05, 0.1) is 93.8 Å². The summed E-state index contributed by atoms with van der Waals surface area (Å²) in [6.07, 6.45) is 2.30. The van der Waals surface area contributed by atoms with Crippen molar-refractivity contribution in [3.05, 3.63) is 36.4 Å². The summed E-state index contributed by atoms with van der Waals surface area (Å²) in [7, 11) is 3.63. The number of ether oxygens (including phenoxy) is 5. The third kappa shape index (κ3) is 23.9. The molecule has 1 fully saturated rings. The van der Waals surface area contributed by atoms with Crippen LogP contribution >= 0.6 is 0 Å². The molecule has 0 bridgehead atoms. The van der Waals surface area contributed by atoms with E-state index in [4.69, 9.17) is 29.4 Å². The summed E-state index contributed by atoms with van der Waals surface area (Å²) in [6.45, 7) is 18.0. The molecule has 8 N–H and O–H groups in total. The second-order valence-electron chi connectivity index (χ2n) is 24.0. The third-order valence-corrected chi connectivity index (χ3v) is 17.4. The van der Waals surface area contributed by atoms with Crippen LogP contribution in [0.25, 0.3) is 0 Å². The molecule has 29 heteroatoms. The number of nitrogens with zero attached hydrogens (tertiary/aromatic N) is 4. The number of hydrogen-bond donors (Lipinski definition) is 7. The maximum Gasteiger partial charge on any atom is 0.312 e. The summed E-state index contributed by atoms with van der Waals surface area (Å²) in [5, 5.41) is 13.5. The van der Waals surface area contributed by atoms with E-state index in [-0.39, 0.29) is 136 Å². The van der Waals surface area contributed by atoms with Gasteiger partial charge in [0.1, 0.15) is 18.1 Å². The zero-order chi connectivity index (χ0) is 67.6. The number of anilines is 1. The number of likely N-dealkylation sites (N-methyl/N-ethyl adjacent to an activating group) is 2. The number of likely N-dealkylation sites (tertiary alicyclic amines) is 1. The van der Waals surface area contributed by atoms with E-state index in [0.717, 1.165) is 4.90 Å². The Morgan fingerprint density at radius 1 is 0.722 bits per heavy atom. The summed E-state index contributed by atoms with van der Waals surface area (Å²) >= 11 is 0. The maximum atomic E-state index is 14.4. The van der Waals surface area contributed by atoms with Gasteiger partial charge in [-0.15, -0.1) is 0 Å². The van der Waals surface area contributed by atoms with Gasteiger partial charge in [-0.3, -0.25) is 53.0 Å². The van der Waals surface area contributed by atoms with Crippen molar-refractivity contribution in [1.82, 2.24) is 45.6 Å². The smallest absolute Gasteiger partial charge is 0.312 e. The molecule has 1 aromatic carbocycles. The standard InChI is InChI=1S/C61H101N11O17S/c1-15-40(8)54(70(12)60(81)52(38(4)5)67-59(80)53(39(6)7)69(10)11)46(85-13)36-50(76)71-28-17-19-45(71)55(86-14)41(9)56(77)68-90(83,84)43-22-20-42(21-23-43)64-57(78)44(18-16-27-63-61(62)82)65-58(79)51(37(2)3)66-47(73)26-30-87-32-34-89-35-33-88-31-29-72-48(74)24-25-49(72)75/h20-25,37-41,44-46,51-55H,15-19,26-36H2,1-14H3,(H,64,78)(H,65,79)(H,66,73)(H,67,80)(H,68,77)(H3,62,63,82)/t40-,41+,44-,45?,46+,51-,52-,53-,54-,55+/m0/s1. The number of benzene rings is 1. The number of carbonyl (C=O) groups is 10. The number of primary amides is 1. The Hall–Kier alpha value is -6.63. The molecule has 3 rings (SSSR count). The fraction of sp³-hybridized carbons (Fsp3) is 0.705. The van der Waals surface area contributed by atoms with Crippen LogP contribution in [0.15, 0.2) is 41.3 Å². The number of nitrogens with two attached hydrogens (primary N) is 1. The average Bonchev–Trinajstić information content (AvgIpc) is 1.72. The van der Waals surface area contributed by atoms with Crippen molar-refractivity contribution in [2.75, 3.05) is 100.0 Å². The lowest BCUT2D eigenvalue weighted by atomic mass is 9.89. The molecule has 508 valence electrons. The minimum atomic E-state index is -4.53. The molecule has 0 saturated carbocycles. The van der Waals surface area contributed by atoms with Crippen LogP contribution in [-0.2, 0) is 76.9 Å². The second kappa shape index (κ2) is 38.3. The van der Waals surface area contributed by atoms with Gasteiger partial charge in [0.15, 0.2) is 0 Å². The first-order valence-electron chi connectivity index (χ1n) is 30.9. The van der Waals surface area contributed by atoms with Crippen molar-refractivity contribution in [3.63, 3.8) is 0 Å². The van der Waals surface area contributed by atoms with Gasteiger partial charge in [0, 0.05) is 58.6 Å². The molecule has 28 nitrogen and oxygen atoms in total. The molecule has 0 radical (unpaired) electrons. The monoisotopic (exact) mass is 1290 g/mol. The van der Waals surface area contributed by atoms with Crippen LogP contribution in [-0.4, -0.2) is 230 Å². The molecule has 2 heterocycles. The summed E-state index contributed by atoms with van der Waals surface area (Å²) in [6, 6.07) is -0.698. The van der Waals surface area contributed by atoms with Gasteiger partial charge in [0.2, 0.25) is 41.4 Å². The van der Waals surface area contributed by atoms with Crippen LogP contribution in [0.2, 0.25) is 0 Å². The van der Waals surface area contributed by atoms with Gasteiger partial charge in [-0.25, -0.2) is 17.9 Å². The predicted molar refractivity (Wildman–Crippen MR) is 334 cm³/mol. The topological polar surface area (TPSA) is 362 Å². The molecule has 11 amide bonds. The predicted octanol–water partition coefficient (Wildman–Crippen LogP) is 1.52. The molecule has 1 aromatic rings. The Morgan fingerprint density at radius 3 is 1.84 bits per heavy atom. The van der Waals surface area contributed by atoms with Crippen LogP contribution in [0.4, 0.5) is 10.5 Å². The van der Waals surface area contributed by atoms with Gasteiger partial charge in [-0.05, 0) is 87.7 Å². The van der Waals surface area contributed by atoms with Crippen LogP contribution in [0, 0.1) is 29.6 Å². The molecule has 0 aliphatic carbocycles. The number of methoxy groups -OCH3 is 2. The molecule has 0 aromatic heterocycles. The first-order valence-corrected chi connectivity index (χ1v) is 32.4. The van der Waals surface area contributed by atoms with E-state index in [1.165, 1.54) is 57.6 Å². The molecule has 1 saturated heterocycles. The highest BCUT2D eigenvalue weighted by Crippen LogP contribution is 2.30. The quantitative estimate of drug-likeness (QED) is 0.0361. The summed E-state index contributed by atoms with van der Waals surface area (Å²) < 4.78 is 57.9. The second-order valence-corrected chi connectivity index (χ2v) is 25.7. The summed E-state index contributed by atoms with van der Waals surface area (Å²) in [4.78, 5) is 137. The van der Waals surface area contributed by atoms with Gasteiger partial charge in [-0.1, -0.05) is 68.7 Å². The van der Waals surface area contributed by atoms with E-state index in [9.17, 15) is 56.4 Å². The zero-order valence-electron chi connectivity index (χ0n) is 55.0. The van der Waals surface area contributed by atoms with E-state index < -0.39 is 100.0 Å². The van der Waals surface area contributed by atoms with Gasteiger partial charge in [-0.2, -0.15) is 0 Å². The highest BCUT2D eigenvalue weighted by molar-refractivity contribution is 7.90. The lowest BCUT2D eigenvalue weighted by molar-refractivity contribution is -0.148. The molecule has 2 aliphatic rings. The highest BCUT2D eigenvalue weighted by atomic mass is 32.2. The minimum Gasteiger partial charge on any atom is -0.379 e. The number of imide groups is 1.